The van der Waals surface area contributed by atoms with Gasteiger partial charge in [-0.15, -0.1) is 0 Å². The molecule has 6 rings (SSSR count). The molecule has 2 amide bonds. The summed E-state index contributed by atoms with van der Waals surface area (Å²) in [6.45, 7) is 5.64. The Labute approximate surface area is 507 Å². The molecule has 0 aliphatic heterocycles. The number of nitro benzene ring substituents is 3. The molecule has 1 aliphatic carbocycles. The van der Waals surface area contributed by atoms with Crippen molar-refractivity contribution in [3.63, 3.8) is 0 Å². The molecule has 87 heavy (non-hydrogen) atoms. The number of nitro groups is 3. The molecule has 4 N–H and O–H groups in total. The van der Waals surface area contributed by atoms with Gasteiger partial charge in [0.1, 0.15) is 39.8 Å². The van der Waals surface area contributed by atoms with E-state index in [1.807, 2.05) is 36.4 Å². The van der Waals surface area contributed by atoms with E-state index in [0.717, 1.165) is 68.4 Å². The van der Waals surface area contributed by atoms with E-state index in [-0.39, 0.29) is 29.1 Å². The molecule has 0 spiro atoms. The first-order valence-electron chi connectivity index (χ1n) is 30.4. The van der Waals surface area contributed by atoms with Crippen molar-refractivity contribution in [1.82, 2.24) is 4.98 Å². The molecule has 4 aromatic carbocycles. The average Bonchev–Trinajstić information content (AvgIpc) is 1.61. The van der Waals surface area contributed by atoms with E-state index in [2.05, 4.69) is 42.5 Å². The highest BCUT2D eigenvalue weighted by molar-refractivity contribution is 6.26. The van der Waals surface area contributed by atoms with Crippen LogP contribution in [0.2, 0.25) is 0 Å². The molecule has 0 saturated heterocycles. The summed E-state index contributed by atoms with van der Waals surface area (Å²) in [6.07, 6.45) is 25.9. The molecule has 5 aromatic rings. The first kappa shape index (κ1) is 67.0. The van der Waals surface area contributed by atoms with Crippen LogP contribution in [0.3, 0.4) is 0 Å². The van der Waals surface area contributed by atoms with Gasteiger partial charge >= 0.3 is 5.97 Å². The van der Waals surface area contributed by atoms with Gasteiger partial charge in [0.15, 0.2) is 0 Å². The van der Waals surface area contributed by atoms with Gasteiger partial charge in [0.05, 0.1) is 57.9 Å². The molecule has 1 aromatic heterocycles. The molecule has 0 bridgehead atoms. The van der Waals surface area contributed by atoms with E-state index in [1.165, 1.54) is 102 Å². The third-order valence-electron chi connectivity index (χ3n) is 14.8. The number of ether oxygens (including phenoxy) is 4. The largest absolute Gasteiger partial charge is 0.494 e. The monoisotopic (exact) mass is 1190 g/mol. The van der Waals surface area contributed by atoms with Crippen LogP contribution in [0.1, 0.15) is 237 Å². The lowest BCUT2D eigenvalue weighted by atomic mass is 10.00. The fraction of sp³-hybridized carbons (Fsp3) is 0.448. The minimum absolute atomic E-state index is 0.104. The fourth-order valence-corrected chi connectivity index (χ4v) is 10.1. The molecule has 0 fully saturated rings. The van der Waals surface area contributed by atoms with Crippen molar-refractivity contribution in [2.24, 2.45) is 11.5 Å². The summed E-state index contributed by atoms with van der Waals surface area (Å²) in [7, 11) is 0. The maximum absolute atomic E-state index is 13.4. The molecule has 1 aliphatic rings. The van der Waals surface area contributed by atoms with Gasteiger partial charge in [0.2, 0.25) is 5.78 Å². The average molecular weight is 1190 g/mol. The topological polar surface area (TPSA) is 300 Å². The number of nitrogens with two attached hydrogens (primary N) is 2. The van der Waals surface area contributed by atoms with Gasteiger partial charge in [-0.25, -0.2) is 9.78 Å². The van der Waals surface area contributed by atoms with Crippen molar-refractivity contribution in [2.75, 3.05) is 26.4 Å². The summed E-state index contributed by atoms with van der Waals surface area (Å²) in [5.41, 5.74) is 8.67. The summed E-state index contributed by atoms with van der Waals surface area (Å²) >= 11 is 0. The van der Waals surface area contributed by atoms with E-state index in [1.54, 1.807) is 0 Å². The standard InChI is InChI=1S/C67H78N6O14/c1-3-5-7-9-11-13-15-17-19-24-38-85-60-44-50(32-28-48-41-55(65(68)75)70-56(42-48)66(69)76)61(86-39-25-20-18-16-14-12-10-8-6-4-2)43-49(60)31-27-47-29-33-51(34-30-47)84-37-23-21-22-26-40-87-67(77)54-45-53-52(46-59(54)73(82)83)62-57(71(78)79)35-36-58(72(80)81)63(62)64(53)74/h29-30,33-36,41-46H,3-26,37-40H2,1-2H3,(H2,68,75)(H2,69,76). The van der Waals surface area contributed by atoms with Crippen molar-refractivity contribution in [3.05, 3.63) is 153 Å². The number of carbonyl (C=O) groups excluding carboxylic acids is 4. The number of esters is 1. The number of rotatable bonds is 38. The van der Waals surface area contributed by atoms with Crippen LogP contribution in [0.15, 0.2) is 72.8 Å². The highest BCUT2D eigenvalue weighted by Crippen LogP contribution is 2.48. The quantitative estimate of drug-likeness (QED) is 0.0120. The summed E-state index contributed by atoms with van der Waals surface area (Å²) < 4.78 is 24.3. The fourth-order valence-electron chi connectivity index (χ4n) is 10.1. The van der Waals surface area contributed by atoms with Crippen LogP contribution in [0, 0.1) is 54.0 Å². The molecule has 1 heterocycles. The smallest absolute Gasteiger partial charge is 0.345 e. The Balaban J connectivity index is 1.08. The maximum atomic E-state index is 13.4. The zero-order chi connectivity index (χ0) is 62.5. The molecular weight excluding hydrogens is 1110 g/mol. The zero-order valence-corrected chi connectivity index (χ0v) is 49.9. The van der Waals surface area contributed by atoms with Crippen molar-refractivity contribution in [3.8, 4) is 52.1 Å². The van der Waals surface area contributed by atoms with Crippen LogP contribution in [0.25, 0.3) is 11.1 Å². The second-order valence-electron chi connectivity index (χ2n) is 21.6. The van der Waals surface area contributed by atoms with Crippen LogP contribution in [0.4, 0.5) is 17.1 Å². The lowest BCUT2D eigenvalue weighted by molar-refractivity contribution is -0.388. The lowest BCUT2D eigenvalue weighted by Crippen LogP contribution is -2.19. The van der Waals surface area contributed by atoms with E-state index in [0.29, 0.717) is 79.4 Å². The van der Waals surface area contributed by atoms with Crippen molar-refractivity contribution < 1.29 is 52.9 Å². The second-order valence-corrected chi connectivity index (χ2v) is 21.6. The van der Waals surface area contributed by atoms with Gasteiger partial charge in [-0.1, -0.05) is 153 Å². The Bertz CT molecular complexity index is 3340. The number of fused-ring (bicyclic) bond motifs is 3. The molecule has 0 radical (unpaired) electrons. The minimum atomic E-state index is -1.09. The van der Waals surface area contributed by atoms with Gasteiger partial charge in [0, 0.05) is 52.6 Å². The van der Waals surface area contributed by atoms with E-state index >= 15 is 0 Å². The molecule has 460 valence electrons. The molecule has 20 nitrogen and oxygen atoms in total. The van der Waals surface area contributed by atoms with Gasteiger partial charge in [-0.2, -0.15) is 0 Å². The van der Waals surface area contributed by atoms with Crippen molar-refractivity contribution >= 4 is 40.6 Å². The number of hydrogen-bond acceptors (Lipinski definition) is 15. The number of pyridine rings is 1. The van der Waals surface area contributed by atoms with Crippen LogP contribution in [0.5, 0.6) is 17.2 Å². The van der Waals surface area contributed by atoms with E-state index in [9.17, 15) is 49.5 Å². The molecule has 0 unspecified atom stereocenters. The second kappa shape index (κ2) is 35.3. The summed E-state index contributed by atoms with van der Waals surface area (Å²) in [5, 5.41) is 35.6. The number of primary amides is 2. The molecular formula is C67H78N6O14. The van der Waals surface area contributed by atoms with Crippen molar-refractivity contribution in [1.29, 1.82) is 0 Å². The summed E-state index contributed by atoms with van der Waals surface area (Å²) in [6, 6.07) is 17.3. The number of amides is 2. The third-order valence-corrected chi connectivity index (χ3v) is 14.8. The van der Waals surface area contributed by atoms with Crippen LogP contribution >= 0.6 is 0 Å². The van der Waals surface area contributed by atoms with Crippen LogP contribution < -0.4 is 25.7 Å². The SMILES string of the molecule is CCCCCCCCCCCCOc1cc(C#Cc2cc(C(N)=O)nc(C(N)=O)c2)c(OCCCCCCCCCCCC)cc1C#Cc1ccc(OCCCCCCOC(=O)c2cc3c(cc2[N+](=O)[O-])-c2c([N+](=O)[O-])ccc([N+](=O)[O-])c2C3=O)cc1. The van der Waals surface area contributed by atoms with Crippen molar-refractivity contribution in [2.45, 2.75) is 168 Å². The number of nitrogens with zero attached hydrogens (tertiary/aromatic N) is 4. The van der Waals surface area contributed by atoms with Crippen LogP contribution in [-0.2, 0) is 4.74 Å². The molecule has 20 heteroatoms. The molecule has 0 saturated carbocycles. The third kappa shape index (κ3) is 20.5. The maximum Gasteiger partial charge on any atom is 0.345 e. The lowest BCUT2D eigenvalue weighted by Gasteiger charge is -2.14. The predicted molar refractivity (Wildman–Crippen MR) is 330 cm³/mol. The Hall–Kier alpha value is -9.17. The van der Waals surface area contributed by atoms with Gasteiger partial charge in [-0.05, 0) is 81.0 Å². The number of unbranched alkanes of at least 4 members (excludes halogenated alkanes) is 21. The first-order valence-corrected chi connectivity index (χ1v) is 30.4. The number of ketones is 1. The first-order chi connectivity index (χ1) is 42.1. The number of aromatic nitrogens is 1. The molecule has 0 atom stereocenters. The van der Waals surface area contributed by atoms with Crippen LogP contribution in [-0.4, -0.2) is 69.7 Å². The zero-order valence-electron chi connectivity index (χ0n) is 49.9. The summed E-state index contributed by atoms with van der Waals surface area (Å²) in [4.78, 5) is 87.8. The Kier molecular flexibility index (Phi) is 27.2. The van der Waals surface area contributed by atoms with Gasteiger partial charge < -0.3 is 30.4 Å². The Morgan fingerprint density at radius 1 is 0.460 bits per heavy atom. The van der Waals surface area contributed by atoms with E-state index < -0.39 is 72.1 Å². The number of benzene rings is 4. The predicted octanol–water partition coefficient (Wildman–Crippen LogP) is 14.4. The Morgan fingerprint density at radius 3 is 1.32 bits per heavy atom. The van der Waals surface area contributed by atoms with Gasteiger partial charge in [-0.3, -0.25) is 44.7 Å². The normalized spacial score (nSPS) is 11.1. The highest BCUT2D eigenvalue weighted by Gasteiger charge is 2.42. The minimum Gasteiger partial charge on any atom is -0.494 e. The highest BCUT2D eigenvalue weighted by atomic mass is 16.6. The number of carbonyl (C=O) groups is 4. The Morgan fingerprint density at radius 2 is 0.874 bits per heavy atom. The van der Waals surface area contributed by atoms with E-state index in [4.69, 9.17) is 30.4 Å². The van der Waals surface area contributed by atoms with Gasteiger partial charge in [0.25, 0.3) is 28.9 Å². The summed E-state index contributed by atoms with van der Waals surface area (Å²) in [5.74, 6) is 10.8. The number of hydrogen-bond donors (Lipinski definition) is 2.